The maximum absolute atomic E-state index is 11.6. The van der Waals surface area contributed by atoms with Crippen molar-refractivity contribution in [1.29, 1.82) is 0 Å². The highest BCUT2D eigenvalue weighted by Crippen LogP contribution is 2.35. The van der Waals surface area contributed by atoms with Gasteiger partial charge >= 0.3 is 5.63 Å². The summed E-state index contributed by atoms with van der Waals surface area (Å²) in [6, 6.07) is 11.2. The van der Waals surface area contributed by atoms with Gasteiger partial charge in [0.2, 0.25) is 0 Å². The molecule has 0 unspecified atom stereocenters. The van der Waals surface area contributed by atoms with Gasteiger partial charge in [0.05, 0.1) is 20.3 Å². The molecule has 0 saturated carbocycles. The standard InChI is InChI=1S/C22H23NO5/c1-13-8-22(24)28-19-10-15(4-5-16(13)19)27-12-18-17-11-21(26-3)20(25-2)9-14(17)6-7-23-18/h4-5,8-11,18,23H,6-7,12H2,1-3H3/t18-/m0/s1. The van der Waals surface area contributed by atoms with E-state index in [2.05, 4.69) is 5.32 Å². The van der Waals surface area contributed by atoms with Crippen LogP contribution in [0.1, 0.15) is 22.7 Å². The lowest BCUT2D eigenvalue weighted by Gasteiger charge is -2.28. The maximum atomic E-state index is 11.6. The number of ether oxygens (including phenoxy) is 3. The van der Waals surface area contributed by atoms with Gasteiger partial charge in [-0.3, -0.25) is 0 Å². The van der Waals surface area contributed by atoms with E-state index in [0.717, 1.165) is 35.2 Å². The summed E-state index contributed by atoms with van der Waals surface area (Å²) in [4.78, 5) is 11.6. The number of rotatable bonds is 5. The van der Waals surface area contributed by atoms with Crippen LogP contribution in [0.4, 0.5) is 0 Å². The van der Waals surface area contributed by atoms with Gasteiger partial charge in [-0.1, -0.05) is 0 Å². The molecule has 0 saturated heterocycles. The van der Waals surface area contributed by atoms with Crippen LogP contribution in [0, 0.1) is 6.92 Å². The fraction of sp³-hybridized carbons (Fsp3) is 0.318. The van der Waals surface area contributed by atoms with E-state index in [0.29, 0.717) is 23.7 Å². The molecule has 3 aromatic rings. The third-order valence-corrected chi connectivity index (χ3v) is 5.15. The fourth-order valence-electron chi connectivity index (χ4n) is 3.69. The Morgan fingerprint density at radius 2 is 1.89 bits per heavy atom. The molecule has 0 aliphatic carbocycles. The Kier molecular flexibility index (Phi) is 4.96. The lowest BCUT2D eigenvalue weighted by Crippen LogP contribution is -2.33. The van der Waals surface area contributed by atoms with Crippen molar-refractivity contribution in [3.05, 3.63) is 63.5 Å². The molecule has 2 aromatic carbocycles. The summed E-state index contributed by atoms with van der Waals surface area (Å²) < 4.78 is 22.2. The third-order valence-electron chi connectivity index (χ3n) is 5.15. The van der Waals surface area contributed by atoms with Gasteiger partial charge in [0.25, 0.3) is 0 Å². The second-order valence-electron chi connectivity index (χ2n) is 6.88. The zero-order chi connectivity index (χ0) is 19.7. The zero-order valence-electron chi connectivity index (χ0n) is 16.2. The van der Waals surface area contributed by atoms with Crippen LogP contribution in [0.3, 0.4) is 0 Å². The van der Waals surface area contributed by atoms with Crippen molar-refractivity contribution >= 4 is 11.0 Å². The fourth-order valence-corrected chi connectivity index (χ4v) is 3.69. The van der Waals surface area contributed by atoms with Gasteiger partial charge in [0, 0.05) is 17.5 Å². The Hall–Kier alpha value is -2.99. The molecular formula is C22H23NO5. The highest BCUT2D eigenvalue weighted by molar-refractivity contribution is 5.81. The molecule has 1 aliphatic rings. The van der Waals surface area contributed by atoms with E-state index in [-0.39, 0.29) is 11.7 Å². The van der Waals surface area contributed by atoms with Crippen LogP contribution in [-0.2, 0) is 6.42 Å². The Bertz CT molecular complexity index is 1070. The lowest BCUT2D eigenvalue weighted by atomic mass is 9.94. The minimum atomic E-state index is -0.355. The van der Waals surface area contributed by atoms with Gasteiger partial charge in [-0.05, 0) is 60.8 Å². The third kappa shape index (κ3) is 3.43. The van der Waals surface area contributed by atoms with Gasteiger partial charge in [0.15, 0.2) is 11.5 Å². The van der Waals surface area contributed by atoms with Gasteiger partial charge in [-0.2, -0.15) is 0 Å². The van der Waals surface area contributed by atoms with Crippen molar-refractivity contribution < 1.29 is 18.6 Å². The first kappa shape index (κ1) is 18.4. The molecule has 0 fully saturated rings. The molecule has 6 heteroatoms. The molecule has 0 bridgehead atoms. The quantitative estimate of drug-likeness (QED) is 0.683. The second kappa shape index (κ2) is 7.56. The lowest BCUT2D eigenvalue weighted by molar-refractivity contribution is 0.260. The predicted octanol–water partition coefficient (Wildman–Crippen LogP) is 3.38. The van der Waals surface area contributed by atoms with Crippen molar-refractivity contribution in [3.8, 4) is 17.2 Å². The van der Waals surface area contributed by atoms with E-state index in [1.165, 1.54) is 11.6 Å². The van der Waals surface area contributed by atoms with E-state index < -0.39 is 0 Å². The minimum absolute atomic E-state index is 0.0313. The summed E-state index contributed by atoms with van der Waals surface area (Å²) in [7, 11) is 3.28. The average molecular weight is 381 g/mol. The van der Waals surface area contributed by atoms with Gasteiger partial charge in [-0.25, -0.2) is 4.79 Å². The number of hydrogen-bond donors (Lipinski definition) is 1. The van der Waals surface area contributed by atoms with E-state index in [4.69, 9.17) is 18.6 Å². The molecular weight excluding hydrogens is 358 g/mol. The molecule has 28 heavy (non-hydrogen) atoms. The van der Waals surface area contributed by atoms with Gasteiger partial charge < -0.3 is 23.9 Å². The van der Waals surface area contributed by atoms with Crippen LogP contribution >= 0.6 is 0 Å². The molecule has 0 amide bonds. The summed E-state index contributed by atoms with van der Waals surface area (Å²) in [5.41, 5.74) is 3.44. The summed E-state index contributed by atoms with van der Waals surface area (Å²) in [6.07, 6.45) is 0.923. The number of nitrogens with one attached hydrogen (secondary N) is 1. The molecule has 0 spiro atoms. The number of benzene rings is 2. The molecule has 1 N–H and O–H groups in total. The van der Waals surface area contributed by atoms with Crippen LogP contribution < -0.4 is 25.2 Å². The molecule has 2 heterocycles. The molecule has 1 aromatic heterocycles. The van der Waals surface area contributed by atoms with Crippen molar-refractivity contribution in [3.63, 3.8) is 0 Å². The van der Waals surface area contributed by atoms with E-state index in [1.54, 1.807) is 20.3 Å². The molecule has 1 atom stereocenters. The SMILES string of the molecule is COc1cc2c(cc1OC)[C@H](COc1ccc3c(C)cc(=O)oc3c1)NCC2. The van der Waals surface area contributed by atoms with Crippen molar-refractivity contribution in [2.24, 2.45) is 0 Å². The van der Waals surface area contributed by atoms with Crippen molar-refractivity contribution in [2.75, 3.05) is 27.4 Å². The van der Waals surface area contributed by atoms with Gasteiger partial charge in [-0.15, -0.1) is 0 Å². The van der Waals surface area contributed by atoms with Gasteiger partial charge in [0.1, 0.15) is 17.9 Å². The van der Waals surface area contributed by atoms with Crippen LogP contribution in [0.5, 0.6) is 17.2 Å². The monoisotopic (exact) mass is 381 g/mol. The van der Waals surface area contributed by atoms with Crippen LogP contribution in [0.25, 0.3) is 11.0 Å². The van der Waals surface area contributed by atoms with E-state index in [1.807, 2.05) is 31.2 Å². The predicted molar refractivity (Wildman–Crippen MR) is 107 cm³/mol. The normalized spacial score (nSPS) is 15.9. The molecule has 6 nitrogen and oxygen atoms in total. The first-order chi connectivity index (χ1) is 13.6. The average Bonchev–Trinajstić information content (AvgIpc) is 2.70. The first-order valence-corrected chi connectivity index (χ1v) is 9.24. The van der Waals surface area contributed by atoms with Crippen molar-refractivity contribution in [1.82, 2.24) is 5.32 Å². The molecule has 4 rings (SSSR count). The Morgan fingerprint density at radius 1 is 1.11 bits per heavy atom. The minimum Gasteiger partial charge on any atom is -0.493 e. The smallest absolute Gasteiger partial charge is 0.336 e. The molecule has 1 aliphatic heterocycles. The topological polar surface area (TPSA) is 69.9 Å². The Morgan fingerprint density at radius 3 is 2.68 bits per heavy atom. The molecule has 0 radical (unpaired) electrons. The summed E-state index contributed by atoms with van der Waals surface area (Å²) in [6.45, 7) is 3.21. The summed E-state index contributed by atoms with van der Waals surface area (Å²) in [5.74, 6) is 2.11. The largest absolute Gasteiger partial charge is 0.493 e. The Balaban J connectivity index is 1.58. The highest BCUT2D eigenvalue weighted by atomic mass is 16.5. The van der Waals surface area contributed by atoms with Crippen molar-refractivity contribution in [2.45, 2.75) is 19.4 Å². The van der Waals surface area contributed by atoms with E-state index in [9.17, 15) is 4.79 Å². The maximum Gasteiger partial charge on any atom is 0.336 e. The number of hydrogen-bond acceptors (Lipinski definition) is 6. The number of aryl methyl sites for hydroxylation is 1. The van der Waals surface area contributed by atoms with Crippen LogP contribution in [-0.4, -0.2) is 27.4 Å². The van der Waals surface area contributed by atoms with Crippen LogP contribution in [0.15, 0.2) is 45.6 Å². The molecule has 146 valence electrons. The summed E-state index contributed by atoms with van der Waals surface area (Å²) >= 11 is 0. The summed E-state index contributed by atoms with van der Waals surface area (Å²) in [5, 5.41) is 4.40. The second-order valence-corrected chi connectivity index (χ2v) is 6.88. The highest BCUT2D eigenvalue weighted by Gasteiger charge is 2.23. The zero-order valence-corrected chi connectivity index (χ0v) is 16.2. The Labute approximate surface area is 163 Å². The number of fused-ring (bicyclic) bond motifs is 2. The van der Waals surface area contributed by atoms with E-state index >= 15 is 0 Å². The number of methoxy groups -OCH3 is 2. The first-order valence-electron chi connectivity index (χ1n) is 9.24. The van der Waals surface area contributed by atoms with Crippen LogP contribution in [0.2, 0.25) is 0 Å².